The Labute approximate surface area is 63.8 Å². The van der Waals surface area contributed by atoms with Crippen molar-refractivity contribution in [1.82, 2.24) is 4.90 Å². The average molecular weight is 145 g/mol. The molecule has 62 valence electrons. The molecule has 2 nitrogen and oxygen atoms in total. The van der Waals surface area contributed by atoms with Gasteiger partial charge in [0.2, 0.25) is 0 Å². The lowest BCUT2D eigenvalue weighted by atomic mass is 9.89. The second-order valence-electron chi connectivity index (χ2n) is 2.83. The van der Waals surface area contributed by atoms with E-state index in [4.69, 9.17) is 5.11 Å². The quantitative estimate of drug-likeness (QED) is 0.597. The van der Waals surface area contributed by atoms with Gasteiger partial charge in [0.25, 0.3) is 0 Å². The van der Waals surface area contributed by atoms with Crippen LogP contribution in [0, 0.1) is 0 Å². The first-order chi connectivity index (χ1) is 4.69. The molecule has 2 heteroatoms. The molecule has 0 radical (unpaired) electrons. The normalized spacial score (nSPS) is 32.1. The average Bonchev–Trinajstić information content (AvgIpc) is 2.04. The van der Waals surface area contributed by atoms with E-state index in [0.717, 1.165) is 13.0 Å². The Hall–Kier alpha value is -0.0800. The molecular weight excluding hydrogens is 126 g/mol. The number of aliphatic hydroxyl groups is 1. The van der Waals surface area contributed by atoms with E-state index in [1.165, 1.54) is 0 Å². The molecule has 0 bridgehead atoms. The first-order valence-corrected chi connectivity index (χ1v) is 4.01. The lowest BCUT2D eigenvalue weighted by Crippen LogP contribution is -2.57. The Balaban J connectivity index is 0.000000371. The smallest absolute Gasteiger partial charge is 0.0613 e. The van der Waals surface area contributed by atoms with Gasteiger partial charge in [-0.1, -0.05) is 13.8 Å². The van der Waals surface area contributed by atoms with Gasteiger partial charge in [0.1, 0.15) is 0 Å². The minimum Gasteiger partial charge on any atom is -0.394 e. The summed E-state index contributed by atoms with van der Waals surface area (Å²) in [7, 11) is 2.04. The maximum Gasteiger partial charge on any atom is 0.0613 e. The highest BCUT2D eigenvalue weighted by Gasteiger charge is 2.36. The van der Waals surface area contributed by atoms with Crippen molar-refractivity contribution in [1.29, 1.82) is 0 Å². The number of hydrogen-bond donors (Lipinski definition) is 1. The molecule has 1 unspecified atom stereocenters. The van der Waals surface area contributed by atoms with Crippen LogP contribution >= 0.6 is 0 Å². The summed E-state index contributed by atoms with van der Waals surface area (Å²) in [4.78, 5) is 2.17. The zero-order valence-corrected chi connectivity index (χ0v) is 7.52. The highest BCUT2D eigenvalue weighted by Crippen LogP contribution is 2.26. The fourth-order valence-corrected chi connectivity index (χ4v) is 0.917. The fraction of sp³-hybridized carbons (Fsp3) is 1.00. The highest BCUT2D eigenvalue weighted by molar-refractivity contribution is 4.92. The summed E-state index contributed by atoms with van der Waals surface area (Å²) < 4.78 is 0. The maximum atomic E-state index is 8.77. The molecule has 1 N–H and O–H groups in total. The van der Waals surface area contributed by atoms with Crippen molar-refractivity contribution < 1.29 is 5.11 Å². The molecule has 0 aliphatic carbocycles. The molecule has 0 aromatic heterocycles. The maximum absolute atomic E-state index is 8.77. The molecule has 0 aromatic rings. The van der Waals surface area contributed by atoms with Crippen molar-refractivity contribution >= 4 is 0 Å². The lowest BCUT2D eigenvalue weighted by Gasteiger charge is -2.47. The van der Waals surface area contributed by atoms with Crippen LogP contribution in [0.5, 0.6) is 0 Å². The Morgan fingerprint density at radius 3 is 2.00 bits per heavy atom. The molecule has 0 aromatic carbocycles. The Morgan fingerprint density at radius 2 is 2.00 bits per heavy atom. The Bertz CT molecular complexity index is 91.3. The first kappa shape index (κ1) is 9.92. The van der Waals surface area contributed by atoms with Gasteiger partial charge < -0.3 is 5.11 Å². The van der Waals surface area contributed by atoms with Gasteiger partial charge in [0.15, 0.2) is 0 Å². The molecule has 1 saturated heterocycles. The zero-order valence-electron chi connectivity index (χ0n) is 7.52. The topological polar surface area (TPSA) is 23.5 Å². The highest BCUT2D eigenvalue weighted by atomic mass is 16.3. The van der Waals surface area contributed by atoms with Crippen molar-refractivity contribution in [2.45, 2.75) is 32.7 Å². The molecule has 1 heterocycles. The number of likely N-dealkylation sites (tertiary alicyclic amines) is 1. The number of nitrogens with zero attached hydrogens (tertiary/aromatic N) is 1. The van der Waals surface area contributed by atoms with Gasteiger partial charge in [-0.05, 0) is 20.4 Å². The van der Waals surface area contributed by atoms with Crippen molar-refractivity contribution in [2.24, 2.45) is 0 Å². The van der Waals surface area contributed by atoms with Crippen molar-refractivity contribution in [3.05, 3.63) is 0 Å². The van der Waals surface area contributed by atoms with E-state index >= 15 is 0 Å². The van der Waals surface area contributed by atoms with E-state index in [9.17, 15) is 0 Å². The lowest BCUT2D eigenvalue weighted by molar-refractivity contribution is -0.0190. The third-order valence-corrected chi connectivity index (χ3v) is 2.25. The number of rotatable bonds is 1. The van der Waals surface area contributed by atoms with Crippen LogP contribution in [0.4, 0.5) is 0 Å². The van der Waals surface area contributed by atoms with Crippen LogP contribution in [0.1, 0.15) is 27.2 Å². The predicted octanol–water partition coefficient (Wildman–Crippen LogP) is 1.10. The van der Waals surface area contributed by atoms with Crippen LogP contribution < -0.4 is 0 Å². The molecule has 0 amide bonds. The predicted molar refractivity (Wildman–Crippen MR) is 44.1 cm³/mol. The standard InChI is InChI=1S/C6H13NO.C2H6/c1-6(5-8)3-4-7(6)2;1-2/h8H,3-5H2,1-2H3;1-2H3. The minimum atomic E-state index is 0.111. The third kappa shape index (κ3) is 1.70. The summed E-state index contributed by atoms with van der Waals surface area (Å²) in [6, 6.07) is 0. The van der Waals surface area contributed by atoms with Crippen molar-refractivity contribution in [3.63, 3.8) is 0 Å². The molecule has 1 aliphatic rings. The second kappa shape index (κ2) is 3.94. The first-order valence-electron chi connectivity index (χ1n) is 4.01. The molecule has 1 fully saturated rings. The number of aliphatic hydroxyl groups excluding tert-OH is 1. The van der Waals surface area contributed by atoms with E-state index in [-0.39, 0.29) is 5.54 Å². The van der Waals surface area contributed by atoms with E-state index in [1.807, 2.05) is 20.9 Å². The summed E-state index contributed by atoms with van der Waals surface area (Å²) >= 11 is 0. The van der Waals surface area contributed by atoms with E-state index in [0.29, 0.717) is 6.61 Å². The van der Waals surface area contributed by atoms with Crippen LogP contribution in [0.3, 0.4) is 0 Å². The summed E-state index contributed by atoms with van der Waals surface area (Å²) in [5.74, 6) is 0. The molecule has 1 atom stereocenters. The number of hydrogen-bond acceptors (Lipinski definition) is 2. The summed E-state index contributed by atoms with van der Waals surface area (Å²) in [6.07, 6.45) is 1.14. The van der Waals surface area contributed by atoms with Gasteiger partial charge in [0.05, 0.1) is 6.61 Å². The molecule has 0 spiro atoms. The molecule has 10 heavy (non-hydrogen) atoms. The van der Waals surface area contributed by atoms with Crippen LogP contribution in [-0.2, 0) is 0 Å². The largest absolute Gasteiger partial charge is 0.394 e. The monoisotopic (exact) mass is 145 g/mol. The van der Waals surface area contributed by atoms with Gasteiger partial charge in [-0.3, -0.25) is 4.90 Å². The van der Waals surface area contributed by atoms with E-state index in [1.54, 1.807) is 0 Å². The molecule has 0 saturated carbocycles. The van der Waals surface area contributed by atoms with Gasteiger partial charge >= 0.3 is 0 Å². The van der Waals surface area contributed by atoms with E-state index < -0.39 is 0 Å². The van der Waals surface area contributed by atoms with E-state index in [2.05, 4.69) is 11.8 Å². The van der Waals surface area contributed by atoms with Gasteiger partial charge in [-0.15, -0.1) is 0 Å². The third-order valence-electron chi connectivity index (χ3n) is 2.25. The summed E-state index contributed by atoms with van der Waals surface area (Å²) in [5.41, 5.74) is 0.111. The van der Waals surface area contributed by atoms with Gasteiger partial charge in [-0.2, -0.15) is 0 Å². The SMILES string of the molecule is CC.CN1CCC1(C)CO. The van der Waals surface area contributed by atoms with Crippen LogP contribution in [0.25, 0.3) is 0 Å². The van der Waals surface area contributed by atoms with Crippen molar-refractivity contribution in [3.8, 4) is 0 Å². The molecule has 1 rings (SSSR count). The molecular formula is C8H19NO. The Kier molecular flexibility index (Phi) is 3.91. The van der Waals surface area contributed by atoms with Crippen molar-refractivity contribution in [2.75, 3.05) is 20.2 Å². The van der Waals surface area contributed by atoms with Crippen LogP contribution in [0.15, 0.2) is 0 Å². The van der Waals surface area contributed by atoms with Gasteiger partial charge in [-0.25, -0.2) is 0 Å². The Morgan fingerprint density at radius 1 is 1.50 bits per heavy atom. The van der Waals surface area contributed by atoms with Crippen LogP contribution in [-0.4, -0.2) is 35.7 Å². The summed E-state index contributed by atoms with van der Waals surface area (Å²) in [5, 5.41) is 8.77. The minimum absolute atomic E-state index is 0.111. The number of likely N-dealkylation sites (N-methyl/N-ethyl adjacent to an activating group) is 1. The van der Waals surface area contributed by atoms with Gasteiger partial charge in [0, 0.05) is 12.1 Å². The second-order valence-corrected chi connectivity index (χ2v) is 2.83. The fourth-order valence-electron chi connectivity index (χ4n) is 0.917. The zero-order chi connectivity index (χ0) is 8.20. The summed E-state index contributed by atoms with van der Waals surface area (Å²) in [6.45, 7) is 7.51. The van der Waals surface area contributed by atoms with Crippen LogP contribution in [0.2, 0.25) is 0 Å². The molecule has 1 aliphatic heterocycles.